The Kier molecular flexibility index (Phi) is 4.63. The monoisotopic (exact) mass is 198 g/mol. The second-order valence-electron chi connectivity index (χ2n) is 2.82. The van der Waals surface area contributed by atoms with E-state index in [1.165, 1.54) is 13.4 Å². The van der Waals surface area contributed by atoms with Gasteiger partial charge in [-0.05, 0) is 6.42 Å². The second kappa shape index (κ2) is 6.09. The Morgan fingerprint density at radius 3 is 3.21 bits per heavy atom. The molecule has 0 saturated carbocycles. The zero-order valence-electron chi connectivity index (χ0n) is 8.12. The van der Waals surface area contributed by atoms with Gasteiger partial charge in [0.2, 0.25) is 5.91 Å². The number of aromatic amines is 1. The van der Waals surface area contributed by atoms with Crippen LogP contribution in [0.4, 0.5) is 0 Å². The molecule has 0 aliphatic carbocycles. The highest BCUT2D eigenvalue weighted by atomic mass is 16.5. The average molecular weight is 198 g/mol. The van der Waals surface area contributed by atoms with Crippen LogP contribution in [0.15, 0.2) is 6.33 Å². The minimum absolute atomic E-state index is 0.0925. The van der Waals surface area contributed by atoms with Crippen LogP contribution in [0.1, 0.15) is 12.2 Å². The highest BCUT2D eigenvalue weighted by molar-refractivity contribution is 5.77. The molecule has 1 aromatic rings. The Hall–Kier alpha value is -1.43. The Bertz CT molecular complexity index is 260. The Morgan fingerprint density at radius 1 is 1.71 bits per heavy atom. The number of carbonyl (C=O) groups is 1. The van der Waals surface area contributed by atoms with Gasteiger partial charge in [0.25, 0.3) is 0 Å². The third-order valence-corrected chi connectivity index (χ3v) is 1.65. The minimum Gasteiger partial charge on any atom is -0.375 e. The number of nitrogens with zero attached hydrogens (tertiary/aromatic N) is 2. The summed E-state index contributed by atoms with van der Waals surface area (Å²) in [5.74, 6) is 0.746. The molecule has 0 radical (unpaired) electrons. The lowest BCUT2D eigenvalue weighted by atomic mass is 10.3. The lowest BCUT2D eigenvalue weighted by Gasteiger charge is -2.02. The molecule has 0 atom stereocenters. The quantitative estimate of drug-likeness (QED) is 0.604. The van der Waals surface area contributed by atoms with E-state index in [0.717, 1.165) is 18.7 Å². The van der Waals surface area contributed by atoms with Crippen molar-refractivity contribution in [2.45, 2.75) is 12.8 Å². The van der Waals surface area contributed by atoms with Crippen molar-refractivity contribution in [1.29, 1.82) is 0 Å². The van der Waals surface area contributed by atoms with Crippen molar-refractivity contribution >= 4 is 5.91 Å². The maximum atomic E-state index is 10.9. The Balaban J connectivity index is 2.02. The van der Waals surface area contributed by atoms with Crippen LogP contribution in [0.3, 0.4) is 0 Å². The van der Waals surface area contributed by atoms with Crippen LogP contribution < -0.4 is 5.32 Å². The first-order valence-corrected chi connectivity index (χ1v) is 4.43. The molecule has 0 spiro atoms. The highest BCUT2D eigenvalue weighted by Gasteiger charge is 1.99. The number of H-pyrrole nitrogens is 1. The smallest absolute Gasteiger partial charge is 0.245 e. The molecule has 0 aliphatic heterocycles. The predicted octanol–water partition coefficient (Wildman–Crippen LogP) is -0.500. The average Bonchev–Trinajstić information content (AvgIpc) is 2.65. The van der Waals surface area contributed by atoms with Gasteiger partial charge in [0.15, 0.2) is 0 Å². The van der Waals surface area contributed by atoms with Gasteiger partial charge in [0.05, 0.1) is 0 Å². The first-order valence-electron chi connectivity index (χ1n) is 4.43. The zero-order chi connectivity index (χ0) is 10.2. The van der Waals surface area contributed by atoms with E-state index in [0.29, 0.717) is 6.54 Å². The van der Waals surface area contributed by atoms with Gasteiger partial charge in [-0.2, -0.15) is 5.10 Å². The molecule has 1 amide bonds. The molecule has 14 heavy (non-hydrogen) atoms. The third-order valence-electron chi connectivity index (χ3n) is 1.65. The molecule has 0 saturated heterocycles. The van der Waals surface area contributed by atoms with E-state index in [1.807, 2.05) is 0 Å². The third kappa shape index (κ3) is 3.99. The maximum absolute atomic E-state index is 10.9. The number of hydrogen-bond acceptors (Lipinski definition) is 4. The van der Waals surface area contributed by atoms with Crippen molar-refractivity contribution in [1.82, 2.24) is 20.5 Å². The minimum atomic E-state index is -0.0925. The summed E-state index contributed by atoms with van der Waals surface area (Å²) >= 11 is 0. The number of hydrogen-bond donors (Lipinski definition) is 2. The standard InChI is InChI=1S/C8H14N4O2/c1-14-5-8(13)9-4-2-3-7-10-6-11-12-7/h6H,2-5H2,1H3,(H,9,13)(H,10,11,12). The number of carbonyl (C=O) groups excluding carboxylic acids is 1. The number of amides is 1. The van der Waals surface area contributed by atoms with Gasteiger partial charge < -0.3 is 10.1 Å². The van der Waals surface area contributed by atoms with Crippen molar-refractivity contribution in [2.75, 3.05) is 20.3 Å². The highest BCUT2D eigenvalue weighted by Crippen LogP contribution is 1.91. The fourth-order valence-electron chi connectivity index (χ4n) is 1.02. The molecular formula is C8H14N4O2. The van der Waals surface area contributed by atoms with Gasteiger partial charge in [-0.1, -0.05) is 0 Å². The van der Waals surface area contributed by atoms with Crippen LogP contribution >= 0.6 is 0 Å². The van der Waals surface area contributed by atoms with E-state index >= 15 is 0 Å². The Morgan fingerprint density at radius 2 is 2.57 bits per heavy atom. The van der Waals surface area contributed by atoms with Crippen LogP contribution in [0.25, 0.3) is 0 Å². The lowest BCUT2D eigenvalue weighted by molar-refractivity contribution is -0.124. The molecule has 1 heterocycles. The van der Waals surface area contributed by atoms with Crippen molar-refractivity contribution in [3.05, 3.63) is 12.2 Å². The van der Waals surface area contributed by atoms with Gasteiger partial charge in [0, 0.05) is 20.1 Å². The lowest BCUT2D eigenvalue weighted by Crippen LogP contribution is -2.28. The number of aryl methyl sites for hydroxylation is 1. The van der Waals surface area contributed by atoms with Gasteiger partial charge in [-0.25, -0.2) is 4.98 Å². The van der Waals surface area contributed by atoms with Crippen LogP contribution in [-0.4, -0.2) is 41.3 Å². The SMILES string of the molecule is COCC(=O)NCCCc1ncn[nH]1. The molecule has 1 aromatic heterocycles. The van der Waals surface area contributed by atoms with Crippen molar-refractivity contribution in [3.8, 4) is 0 Å². The summed E-state index contributed by atoms with van der Waals surface area (Å²) in [6.07, 6.45) is 3.09. The predicted molar refractivity (Wildman–Crippen MR) is 49.6 cm³/mol. The molecule has 1 rings (SSSR count). The molecule has 2 N–H and O–H groups in total. The Labute approximate surface area is 82.1 Å². The fourth-order valence-corrected chi connectivity index (χ4v) is 1.02. The normalized spacial score (nSPS) is 10.1. The number of nitrogens with one attached hydrogen (secondary N) is 2. The number of methoxy groups -OCH3 is 1. The molecule has 0 aliphatic rings. The van der Waals surface area contributed by atoms with E-state index in [1.54, 1.807) is 0 Å². The fraction of sp³-hybridized carbons (Fsp3) is 0.625. The van der Waals surface area contributed by atoms with E-state index < -0.39 is 0 Å². The van der Waals surface area contributed by atoms with Gasteiger partial charge in [-0.15, -0.1) is 0 Å². The first kappa shape index (κ1) is 10.6. The van der Waals surface area contributed by atoms with Crippen molar-refractivity contribution in [3.63, 3.8) is 0 Å². The van der Waals surface area contributed by atoms with Crippen molar-refractivity contribution < 1.29 is 9.53 Å². The van der Waals surface area contributed by atoms with Crippen LogP contribution in [0.2, 0.25) is 0 Å². The summed E-state index contributed by atoms with van der Waals surface area (Å²) in [6, 6.07) is 0. The van der Waals surface area contributed by atoms with Gasteiger partial charge >= 0.3 is 0 Å². The first-order chi connectivity index (χ1) is 6.83. The van der Waals surface area contributed by atoms with E-state index in [-0.39, 0.29) is 12.5 Å². The van der Waals surface area contributed by atoms with Crippen LogP contribution in [0.5, 0.6) is 0 Å². The summed E-state index contributed by atoms with van der Waals surface area (Å²) in [6.45, 7) is 0.741. The summed E-state index contributed by atoms with van der Waals surface area (Å²) in [5.41, 5.74) is 0. The summed E-state index contributed by atoms with van der Waals surface area (Å²) < 4.78 is 4.67. The molecule has 6 nitrogen and oxygen atoms in total. The van der Waals surface area contributed by atoms with E-state index in [4.69, 9.17) is 0 Å². The van der Waals surface area contributed by atoms with Crippen molar-refractivity contribution in [2.24, 2.45) is 0 Å². The summed E-state index contributed by atoms with van der Waals surface area (Å²) in [7, 11) is 1.49. The molecule has 6 heteroatoms. The van der Waals surface area contributed by atoms with Crippen LogP contribution in [0, 0.1) is 0 Å². The molecule has 78 valence electrons. The summed E-state index contributed by atoms with van der Waals surface area (Å²) in [5, 5.41) is 9.19. The number of ether oxygens (including phenoxy) is 1. The molecule has 0 bridgehead atoms. The zero-order valence-corrected chi connectivity index (χ0v) is 8.12. The van der Waals surface area contributed by atoms with E-state index in [2.05, 4.69) is 25.2 Å². The van der Waals surface area contributed by atoms with Crippen LogP contribution in [-0.2, 0) is 16.0 Å². The van der Waals surface area contributed by atoms with E-state index in [9.17, 15) is 4.79 Å². The van der Waals surface area contributed by atoms with Gasteiger partial charge in [0.1, 0.15) is 18.8 Å². The topological polar surface area (TPSA) is 79.9 Å². The molecule has 0 aromatic carbocycles. The molecular weight excluding hydrogens is 184 g/mol. The maximum Gasteiger partial charge on any atom is 0.245 e. The number of aromatic nitrogens is 3. The molecule has 0 fully saturated rings. The number of rotatable bonds is 6. The largest absolute Gasteiger partial charge is 0.375 e. The summed E-state index contributed by atoms with van der Waals surface area (Å²) in [4.78, 5) is 14.9. The molecule has 0 unspecified atom stereocenters. The van der Waals surface area contributed by atoms with Gasteiger partial charge in [-0.3, -0.25) is 9.89 Å². The second-order valence-corrected chi connectivity index (χ2v) is 2.82.